The van der Waals surface area contributed by atoms with Crippen molar-refractivity contribution in [3.05, 3.63) is 59.7 Å². The minimum Gasteiger partial charge on any atom is -0.481 e. The Balaban J connectivity index is 1.59. The Kier molecular flexibility index (Phi) is 8.87. The Morgan fingerprint density at radius 1 is 0.943 bits per heavy atom. The molecule has 3 N–H and O–H groups in total. The van der Waals surface area contributed by atoms with Crippen molar-refractivity contribution in [2.75, 3.05) is 19.7 Å². The van der Waals surface area contributed by atoms with E-state index in [0.717, 1.165) is 22.3 Å². The molecule has 0 saturated carbocycles. The quantitative estimate of drug-likeness (QED) is 0.453. The third-order valence-corrected chi connectivity index (χ3v) is 6.33. The molecule has 0 aliphatic heterocycles. The monoisotopic (exact) mass is 481 g/mol. The van der Waals surface area contributed by atoms with Crippen LogP contribution in [0.3, 0.4) is 0 Å². The van der Waals surface area contributed by atoms with Gasteiger partial charge in [-0.15, -0.1) is 0 Å². The van der Waals surface area contributed by atoms with Gasteiger partial charge in [-0.3, -0.25) is 14.5 Å². The molecule has 3 rings (SSSR count). The first kappa shape index (κ1) is 26.2. The molecule has 0 spiro atoms. The van der Waals surface area contributed by atoms with Crippen molar-refractivity contribution < 1.29 is 24.2 Å². The molecule has 0 radical (unpaired) electrons. The number of aliphatic carboxylic acids is 1. The van der Waals surface area contributed by atoms with Crippen molar-refractivity contribution in [2.24, 2.45) is 0 Å². The van der Waals surface area contributed by atoms with Crippen LogP contribution < -0.4 is 10.6 Å². The first-order chi connectivity index (χ1) is 16.7. The van der Waals surface area contributed by atoms with Gasteiger partial charge in [0, 0.05) is 31.1 Å². The maximum Gasteiger partial charge on any atom is 0.407 e. The number of carboxylic acid groups (broad SMARTS) is 1. The van der Waals surface area contributed by atoms with Gasteiger partial charge in [0.05, 0.1) is 6.42 Å². The van der Waals surface area contributed by atoms with Crippen molar-refractivity contribution in [2.45, 2.75) is 58.2 Å². The SMILES string of the molecule is CC(C)N(CCNC(=O)C(CC(=O)O)NC(=O)OCC1c2ccccc2-c2ccccc21)C(C)C. The molecule has 0 fully saturated rings. The van der Waals surface area contributed by atoms with E-state index in [-0.39, 0.29) is 12.5 Å². The van der Waals surface area contributed by atoms with Crippen LogP contribution in [0.5, 0.6) is 0 Å². The van der Waals surface area contributed by atoms with Gasteiger partial charge in [-0.2, -0.15) is 0 Å². The molecule has 2 aromatic carbocycles. The highest BCUT2D eigenvalue weighted by Crippen LogP contribution is 2.44. The van der Waals surface area contributed by atoms with Gasteiger partial charge in [-0.25, -0.2) is 4.79 Å². The average Bonchev–Trinajstić information content (AvgIpc) is 3.13. The molecule has 0 heterocycles. The van der Waals surface area contributed by atoms with Crippen LogP contribution in [0.2, 0.25) is 0 Å². The standard InChI is InChI=1S/C27H35N3O5/c1-17(2)30(18(3)4)14-13-28-26(33)24(15-25(31)32)29-27(34)35-16-23-21-11-7-5-9-19(21)20-10-6-8-12-22(20)23/h5-12,17-18,23-24H,13-16H2,1-4H3,(H,28,33)(H,29,34)(H,31,32). The van der Waals surface area contributed by atoms with E-state index in [1.807, 2.05) is 48.5 Å². The summed E-state index contributed by atoms with van der Waals surface area (Å²) in [7, 11) is 0. The molecule has 188 valence electrons. The Bertz CT molecular complexity index is 999. The largest absolute Gasteiger partial charge is 0.481 e. The highest BCUT2D eigenvalue weighted by Gasteiger charge is 2.30. The van der Waals surface area contributed by atoms with Crippen molar-refractivity contribution in [1.82, 2.24) is 15.5 Å². The molecule has 2 aromatic rings. The molecule has 0 bridgehead atoms. The molecule has 1 atom stereocenters. The van der Waals surface area contributed by atoms with Crippen LogP contribution in [0.1, 0.15) is 51.2 Å². The van der Waals surface area contributed by atoms with Crippen molar-refractivity contribution >= 4 is 18.0 Å². The minimum atomic E-state index is -1.23. The van der Waals surface area contributed by atoms with E-state index in [9.17, 15) is 19.5 Å². The number of carbonyl (C=O) groups excluding carboxylic acids is 2. The highest BCUT2D eigenvalue weighted by atomic mass is 16.5. The zero-order valence-electron chi connectivity index (χ0n) is 20.8. The maximum absolute atomic E-state index is 12.7. The third kappa shape index (κ3) is 6.60. The lowest BCUT2D eigenvalue weighted by Crippen LogP contribution is -2.50. The fraction of sp³-hybridized carbons (Fsp3) is 0.444. The van der Waals surface area contributed by atoms with E-state index >= 15 is 0 Å². The van der Waals surface area contributed by atoms with Gasteiger partial charge in [0.25, 0.3) is 0 Å². The average molecular weight is 482 g/mol. The molecular weight excluding hydrogens is 446 g/mol. The summed E-state index contributed by atoms with van der Waals surface area (Å²) >= 11 is 0. The first-order valence-corrected chi connectivity index (χ1v) is 12.1. The molecular formula is C27H35N3O5. The van der Waals surface area contributed by atoms with Gasteiger partial charge in [0.15, 0.2) is 0 Å². The smallest absolute Gasteiger partial charge is 0.407 e. The van der Waals surface area contributed by atoms with E-state index in [0.29, 0.717) is 25.2 Å². The predicted octanol–water partition coefficient (Wildman–Crippen LogP) is 3.60. The molecule has 1 aliphatic carbocycles. The van der Waals surface area contributed by atoms with Crippen LogP contribution in [0.4, 0.5) is 4.79 Å². The van der Waals surface area contributed by atoms with Crippen LogP contribution in [0, 0.1) is 0 Å². The molecule has 2 amide bonds. The van der Waals surface area contributed by atoms with E-state index in [2.05, 4.69) is 43.2 Å². The summed E-state index contributed by atoms with van der Waals surface area (Å²) in [5.41, 5.74) is 4.36. The van der Waals surface area contributed by atoms with Crippen LogP contribution in [-0.4, -0.2) is 65.8 Å². The summed E-state index contributed by atoms with van der Waals surface area (Å²) in [6, 6.07) is 15.3. The Labute approximate surface area is 206 Å². The number of fused-ring (bicyclic) bond motifs is 3. The number of hydrogen-bond donors (Lipinski definition) is 3. The van der Waals surface area contributed by atoms with Crippen LogP contribution in [-0.2, 0) is 14.3 Å². The lowest BCUT2D eigenvalue weighted by Gasteiger charge is -2.30. The number of amides is 2. The van der Waals surface area contributed by atoms with E-state index in [1.165, 1.54) is 0 Å². The number of rotatable bonds is 11. The highest BCUT2D eigenvalue weighted by molar-refractivity contribution is 5.89. The molecule has 1 aliphatic rings. The van der Waals surface area contributed by atoms with Gasteiger partial charge in [-0.1, -0.05) is 48.5 Å². The number of carbonyl (C=O) groups is 3. The molecule has 8 nitrogen and oxygen atoms in total. The fourth-order valence-corrected chi connectivity index (χ4v) is 4.71. The fourth-order valence-electron chi connectivity index (χ4n) is 4.71. The molecule has 1 unspecified atom stereocenters. The first-order valence-electron chi connectivity index (χ1n) is 12.1. The van der Waals surface area contributed by atoms with Gasteiger partial charge in [0.2, 0.25) is 5.91 Å². The maximum atomic E-state index is 12.7. The lowest BCUT2D eigenvalue weighted by molar-refractivity contribution is -0.139. The molecule has 0 saturated heterocycles. The van der Waals surface area contributed by atoms with Crippen LogP contribution in [0.15, 0.2) is 48.5 Å². The summed E-state index contributed by atoms with van der Waals surface area (Å²) in [6.07, 6.45) is -1.35. The Hall–Kier alpha value is -3.39. The zero-order valence-corrected chi connectivity index (χ0v) is 20.8. The Morgan fingerprint density at radius 2 is 1.49 bits per heavy atom. The topological polar surface area (TPSA) is 108 Å². The van der Waals surface area contributed by atoms with Gasteiger partial charge in [0.1, 0.15) is 12.6 Å². The summed E-state index contributed by atoms with van der Waals surface area (Å²) in [5, 5.41) is 14.4. The second-order valence-electron chi connectivity index (χ2n) is 9.34. The summed E-state index contributed by atoms with van der Waals surface area (Å²) in [6.45, 7) is 9.35. The Morgan fingerprint density at radius 3 is 2.00 bits per heavy atom. The number of benzene rings is 2. The molecule has 35 heavy (non-hydrogen) atoms. The normalized spacial score (nSPS) is 13.5. The predicted molar refractivity (Wildman–Crippen MR) is 134 cm³/mol. The van der Waals surface area contributed by atoms with Crippen molar-refractivity contribution in [3.8, 4) is 11.1 Å². The summed E-state index contributed by atoms with van der Waals surface area (Å²) in [5.74, 6) is -1.86. The van der Waals surface area contributed by atoms with Gasteiger partial charge < -0.3 is 20.5 Å². The number of hydrogen-bond acceptors (Lipinski definition) is 5. The number of carboxylic acids is 1. The van der Waals surface area contributed by atoms with E-state index < -0.39 is 30.4 Å². The number of nitrogens with one attached hydrogen (secondary N) is 2. The van der Waals surface area contributed by atoms with Gasteiger partial charge in [-0.05, 0) is 49.9 Å². The van der Waals surface area contributed by atoms with Gasteiger partial charge >= 0.3 is 12.1 Å². The molecule has 8 heteroatoms. The molecule has 0 aromatic heterocycles. The summed E-state index contributed by atoms with van der Waals surface area (Å²) in [4.78, 5) is 38.8. The zero-order chi connectivity index (χ0) is 25.5. The van der Waals surface area contributed by atoms with Crippen molar-refractivity contribution in [1.29, 1.82) is 0 Å². The second-order valence-corrected chi connectivity index (χ2v) is 9.34. The van der Waals surface area contributed by atoms with E-state index in [1.54, 1.807) is 0 Å². The minimum absolute atomic E-state index is 0.0823. The van der Waals surface area contributed by atoms with Crippen molar-refractivity contribution in [3.63, 3.8) is 0 Å². The number of nitrogens with zero attached hydrogens (tertiary/aromatic N) is 1. The van der Waals surface area contributed by atoms with Crippen LogP contribution >= 0.6 is 0 Å². The number of ether oxygens (including phenoxy) is 1. The lowest BCUT2D eigenvalue weighted by atomic mass is 9.98. The second kappa shape index (κ2) is 11.8. The van der Waals surface area contributed by atoms with Crippen LogP contribution in [0.25, 0.3) is 11.1 Å². The summed E-state index contributed by atoms with van der Waals surface area (Å²) < 4.78 is 5.48. The number of alkyl carbamates (subject to hydrolysis) is 1. The van der Waals surface area contributed by atoms with E-state index in [4.69, 9.17) is 4.74 Å². The third-order valence-electron chi connectivity index (χ3n) is 6.33.